The van der Waals surface area contributed by atoms with Gasteiger partial charge in [-0.05, 0) is 40.5 Å². The monoisotopic (exact) mass is 315 g/mol. The summed E-state index contributed by atoms with van der Waals surface area (Å²) in [5.74, 6) is 0.823. The van der Waals surface area contributed by atoms with Crippen molar-refractivity contribution in [1.29, 1.82) is 0 Å². The second-order valence-electron chi connectivity index (χ2n) is 4.79. The summed E-state index contributed by atoms with van der Waals surface area (Å²) in [5, 5.41) is 12.5. The summed E-state index contributed by atoms with van der Waals surface area (Å²) in [6.07, 6.45) is 0.321. The molecule has 0 saturated carbocycles. The Bertz CT molecular complexity index is 367. The second-order valence-corrected chi connectivity index (χ2v) is 5.64. The maximum absolute atomic E-state index is 9.17. The fraction of sp³-hybridized carbons (Fsp3) is 0.571. The standard InChI is InChI=1S/C14H22BrNO2/c1-10(2)16-9-12-4-5-14(13(15)8-12)18-7-6-11(3)17/h4-5,8,10-11,16-17H,6-7,9H2,1-3H3. The summed E-state index contributed by atoms with van der Waals surface area (Å²) in [7, 11) is 0. The van der Waals surface area contributed by atoms with Gasteiger partial charge in [0.15, 0.2) is 0 Å². The first-order chi connectivity index (χ1) is 8.49. The quantitative estimate of drug-likeness (QED) is 0.812. The number of ether oxygens (including phenoxy) is 1. The lowest BCUT2D eigenvalue weighted by atomic mass is 10.2. The Hall–Kier alpha value is -0.580. The summed E-state index contributed by atoms with van der Waals surface area (Å²) in [6.45, 7) is 7.40. The van der Waals surface area contributed by atoms with Gasteiger partial charge in [-0.1, -0.05) is 19.9 Å². The minimum atomic E-state index is -0.321. The van der Waals surface area contributed by atoms with Crippen LogP contribution in [0, 0.1) is 0 Å². The molecule has 0 heterocycles. The van der Waals surface area contributed by atoms with Crippen LogP contribution in [0.1, 0.15) is 32.8 Å². The number of hydrogen-bond acceptors (Lipinski definition) is 3. The number of halogens is 1. The molecule has 0 aliphatic carbocycles. The molecular weight excluding hydrogens is 294 g/mol. The third kappa shape index (κ3) is 5.85. The number of benzene rings is 1. The molecule has 1 aromatic carbocycles. The maximum Gasteiger partial charge on any atom is 0.133 e. The topological polar surface area (TPSA) is 41.5 Å². The van der Waals surface area contributed by atoms with Gasteiger partial charge in [-0.25, -0.2) is 0 Å². The van der Waals surface area contributed by atoms with Crippen molar-refractivity contribution >= 4 is 15.9 Å². The van der Waals surface area contributed by atoms with Gasteiger partial charge in [0, 0.05) is 19.0 Å². The highest BCUT2D eigenvalue weighted by Crippen LogP contribution is 2.26. The second kappa shape index (κ2) is 7.77. The first kappa shape index (κ1) is 15.5. The van der Waals surface area contributed by atoms with Crippen molar-refractivity contribution < 1.29 is 9.84 Å². The fourth-order valence-corrected chi connectivity index (χ4v) is 1.97. The van der Waals surface area contributed by atoms with Gasteiger partial charge in [0.2, 0.25) is 0 Å². The molecule has 0 radical (unpaired) electrons. The predicted molar refractivity (Wildman–Crippen MR) is 77.9 cm³/mol. The average Bonchev–Trinajstić information content (AvgIpc) is 2.28. The van der Waals surface area contributed by atoms with Crippen LogP contribution in [0.4, 0.5) is 0 Å². The van der Waals surface area contributed by atoms with Crippen LogP contribution in [-0.4, -0.2) is 23.9 Å². The molecule has 4 heteroatoms. The summed E-state index contributed by atoms with van der Waals surface area (Å²) in [6, 6.07) is 6.56. The van der Waals surface area contributed by atoms with Gasteiger partial charge in [0.05, 0.1) is 17.2 Å². The number of hydrogen-bond donors (Lipinski definition) is 2. The Morgan fingerprint density at radius 3 is 2.61 bits per heavy atom. The molecular formula is C14H22BrNO2. The Morgan fingerprint density at radius 1 is 1.33 bits per heavy atom. The highest BCUT2D eigenvalue weighted by Gasteiger charge is 2.04. The smallest absolute Gasteiger partial charge is 0.133 e. The lowest BCUT2D eigenvalue weighted by Crippen LogP contribution is -2.21. The molecule has 1 atom stereocenters. The van der Waals surface area contributed by atoms with E-state index in [4.69, 9.17) is 9.84 Å². The van der Waals surface area contributed by atoms with Crippen molar-refractivity contribution in [3.8, 4) is 5.75 Å². The molecule has 102 valence electrons. The van der Waals surface area contributed by atoms with E-state index in [9.17, 15) is 0 Å². The van der Waals surface area contributed by atoms with Crippen LogP contribution in [0.3, 0.4) is 0 Å². The van der Waals surface area contributed by atoms with Crippen molar-refractivity contribution in [2.75, 3.05) is 6.61 Å². The third-order valence-electron chi connectivity index (χ3n) is 2.50. The van der Waals surface area contributed by atoms with Gasteiger partial charge >= 0.3 is 0 Å². The summed E-state index contributed by atoms with van der Waals surface area (Å²) in [4.78, 5) is 0. The molecule has 1 rings (SSSR count). The molecule has 0 spiro atoms. The molecule has 0 aliphatic rings. The van der Waals surface area contributed by atoms with E-state index in [2.05, 4.69) is 47.2 Å². The zero-order valence-corrected chi connectivity index (χ0v) is 12.8. The molecule has 0 aliphatic heterocycles. The van der Waals surface area contributed by atoms with Crippen LogP contribution in [0.5, 0.6) is 5.75 Å². The van der Waals surface area contributed by atoms with E-state index in [0.29, 0.717) is 19.1 Å². The molecule has 0 saturated heterocycles. The van der Waals surface area contributed by atoms with E-state index in [-0.39, 0.29) is 6.10 Å². The molecule has 0 aromatic heterocycles. The minimum absolute atomic E-state index is 0.321. The van der Waals surface area contributed by atoms with E-state index in [1.165, 1.54) is 5.56 Å². The van der Waals surface area contributed by atoms with Crippen molar-refractivity contribution in [3.05, 3.63) is 28.2 Å². The van der Waals surface area contributed by atoms with Gasteiger partial charge < -0.3 is 15.2 Å². The first-order valence-electron chi connectivity index (χ1n) is 6.31. The van der Waals surface area contributed by atoms with Gasteiger partial charge in [0.25, 0.3) is 0 Å². The Morgan fingerprint density at radius 2 is 2.06 bits per heavy atom. The van der Waals surface area contributed by atoms with E-state index in [0.717, 1.165) is 16.8 Å². The fourth-order valence-electron chi connectivity index (χ4n) is 1.43. The Kier molecular flexibility index (Phi) is 6.68. The molecule has 1 aromatic rings. The van der Waals surface area contributed by atoms with E-state index in [1.54, 1.807) is 6.92 Å². The Labute approximate surface area is 118 Å². The molecule has 0 bridgehead atoms. The number of aliphatic hydroxyl groups excluding tert-OH is 1. The van der Waals surface area contributed by atoms with Crippen molar-refractivity contribution in [3.63, 3.8) is 0 Å². The Balaban J connectivity index is 2.51. The van der Waals surface area contributed by atoms with E-state index >= 15 is 0 Å². The van der Waals surface area contributed by atoms with Gasteiger partial charge in [0.1, 0.15) is 5.75 Å². The lowest BCUT2D eigenvalue weighted by molar-refractivity contribution is 0.155. The predicted octanol–water partition coefficient (Wildman–Crippen LogP) is 3.10. The molecule has 0 fully saturated rings. The molecule has 2 N–H and O–H groups in total. The summed E-state index contributed by atoms with van der Waals surface area (Å²) < 4.78 is 6.56. The third-order valence-corrected chi connectivity index (χ3v) is 3.12. The largest absolute Gasteiger partial charge is 0.492 e. The number of rotatable bonds is 7. The number of aliphatic hydroxyl groups is 1. The SMILES string of the molecule is CC(O)CCOc1ccc(CNC(C)C)cc1Br. The van der Waals surface area contributed by atoms with Crippen molar-refractivity contribution in [1.82, 2.24) is 5.32 Å². The van der Waals surface area contributed by atoms with Gasteiger partial charge in [-0.15, -0.1) is 0 Å². The van der Waals surface area contributed by atoms with Crippen LogP contribution in [0.2, 0.25) is 0 Å². The molecule has 3 nitrogen and oxygen atoms in total. The summed E-state index contributed by atoms with van der Waals surface area (Å²) >= 11 is 3.51. The van der Waals surface area contributed by atoms with Crippen LogP contribution >= 0.6 is 15.9 Å². The van der Waals surface area contributed by atoms with Crippen LogP contribution in [-0.2, 0) is 6.54 Å². The van der Waals surface area contributed by atoms with Gasteiger partial charge in [-0.3, -0.25) is 0 Å². The van der Waals surface area contributed by atoms with E-state index < -0.39 is 0 Å². The average molecular weight is 316 g/mol. The zero-order valence-electron chi connectivity index (χ0n) is 11.2. The summed E-state index contributed by atoms with van der Waals surface area (Å²) in [5.41, 5.74) is 1.22. The minimum Gasteiger partial charge on any atom is -0.492 e. The molecule has 1 unspecified atom stereocenters. The highest BCUT2D eigenvalue weighted by molar-refractivity contribution is 9.10. The first-order valence-corrected chi connectivity index (χ1v) is 7.11. The lowest BCUT2D eigenvalue weighted by Gasteiger charge is -2.12. The van der Waals surface area contributed by atoms with Crippen molar-refractivity contribution in [2.45, 2.75) is 45.9 Å². The highest BCUT2D eigenvalue weighted by atomic mass is 79.9. The number of nitrogens with one attached hydrogen (secondary N) is 1. The molecule has 18 heavy (non-hydrogen) atoms. The van der Waals surface area contributed by atoms with E-state index in [1.807, 2.05) is 6.07 Å². The van der Waals surface area contributed by atoms with Crippen LogP contribution in [0.25, 0.3) is 0 Å². The van der Waals surface area contributed by atoms with Gasteiger partial charge in [-0.2, -0.15) is 0 Å². The van der Waals surface area contributed by atoms with Crippen molar-refractivity contribution in [2.24, 2.45) is 0 Å². The zero-order chi connectivity index (χ0) is 13.5. The normalized spacial score (nSPS) is 12.8. The van der Waals surface area contributed by atoms with Crippen LogP contribution in [0.15, 0.2) is 22.7 Å². The molecule has 0 amide bonds. The maximum atomic E-state index is 9.17. The van der Waals surface area contributed by atoms with Crippen LogP contribution < -0.4 is 10.1 Å².